The summed E-state index contributed by atoms with van der Waals surface area (Å²) in [6.07, 6.45) is -3.18. The van der Waals surface area contributed by atoms with Gasteiger partial charge in [0, 0.05) is 12.7 Å². The number of amides is 1. The van der Waals surface area contributed by atoms with Crippen LogP contribution in [0.2, 0.25) is 0 Å². The predicted molar refractivity (Wildman–Crippen MR) is 80.2 cm³/mol. The highest BCUT2D eigenvalue weighted by atomic mass is 19.4. The van der Waals surface area contributed by atoms with Gasteiger partial charge in [0.1, 0.15) is 11.3 Å². The van der Waals surface area contributed by atoms with E-state index in [0.29, 0.717) is 25.1 Å². The summed E-state index contributed by atoms with van der Waals surface area (Å²) in [5, 5.41) is 0. The Balaban J connectivity index is 1.81. The Kier molecular flexibility index (Phi) is 5.37. The van der Waals surface area contributed by atoms with Gasteiger partial charge in [-0.3, -0.25) is 4.98 Å². The normalized spacial score (nSPS) is 18.8. The SMILES string of the molecule is CC(C)(C)OC(=O)N1CCC(OCc2ccc(C(F)(F)F)nc2)C1. The van der Waals surface area contributed by atoms with Crippen molar-refractivity contribution in [2.45, 2.75) is 51.7 Å². The monoisotopic (exact) mass is 346 g/mol. The maximum absolute atomic E-state index is 12.4. The first-order valence-electron chi connectivity index (χ1n) is 7.66. The van der Waals surface area contributed by atoms with E-state index in [-0.39, 0.29) is 18.8 Å². The molecule has 134 valence electrons. The van der Waals surface area contributed by atoms with Gasteiger partial charge in [0.15, 0.2) is 0 Å². The van der Waals surface area contributed by atoms with Crippen molar-refractivity contribution >= 4 is 6.09 Å². The number of halogens is 3. The van der Waals surface area contributed by atoms with Gasteiger partial charge in [0.2, 0.25) is 0 Å². The van der Waals surface area contributed by atoms with E-state index < -0.39 is 17.5 Å². The van der Waals surface area contributed by atoms with Gasteiger partial charge in [-0.05, 0) is 38.8 Å². The first kappa shape index (κ1) is 18.5. The van der Waals surface area contributed by atoms with E-state index >= 15 is 0 Å². The largest absolute Gasteiger partial charge is 0.444 e. The average Bonchev–Trinajstić information content (AvgIpc) is 2.92. The van der Waals surface area contributed by atoms with Gasteiger partial charge in [-0.2, -0.15) is 13.2 Å². The Morgan fingerprint density at radius 3 is 2.58 bits per heavy atom. The van der Waals surface area contributed by atoms with E-state index in [0.717, 1.165) is 12.3 Å². The molecule has 0 aromatic carbocycles. The molecule has 1 aliphatic rings. The highest BCUT2D eigenvalue weighted by Crippen LogP contribution is 2.27. The average molecular weight is 346 g/mol. The van der Waals surface area contributed by atoms with Crippen LogP contribution in [-0.4, -0.2) is 40.8 Å². The highest BCUT2D eigenvalue weighted by Gasteiger charge is 2.32. The third-order valence-corrected chi connectivity index (χ3v) is 3.40. The van der Waals surface area contributed by atoms with Crippen LogP contribution in [-0.2, 0) is 22.3 Å². The van der Waals surface area contributed by atoms with Crippen molar-refractivity contribution in [3.8, 4) is 0 Å². The van der Waals surface area contributed by atoms with Crippen molar-refractivity contribution in [1.82, 2.24) is 9.88 Å². The zero-order valence-electron chi connectivity index (χ0n) is 13.9. The molecular weight excluding hydrogens is 325 g/mol. The molecule has 1 aromatic heterocycles. The second-order valence-corrected chi connectivity index (χ2v) is 6.70. The fourth-order valence-corrected chi connectivity index (χ4v) is 2.25. The van der Waals surface area contributed by atoms with Crippen LogP contribution in [0.3, 0.4) is 0 Å². The number of likely N-dealkylation sites (tertiary alicyclic amines) is 1. The third-order valence-electron chi connectivity index (χ3n) is 3.40. The standard InChI is InChI=1S/C16H21F3N2O3/c1-15(2,3)24-14(22)21-7-6-12(9-21)23-10-11-4-5-13(20-8-11)16(17,18)19/h4-5,8,12H,6-7,9-10H2,1-3H3. The van der Waals surface area contributed by atoms with Crippen molar-refractivity contribution < 1.29 is 27.4 Å². The van der Waals surface area contributed by atoms with Gasteiger partial charge >= 0.3 is 12.3 Å². The van der Waals surface area contributed by atoms with Crippen LogP contribution in [0.5, 0.6) is 0 Å². The molecule has 2 heterocycles. The summed E-state index contributed by atoms with van der Waals surface area (Å²) in [4.78, 5) is 16.9. The predicted octanol–water partition coefficient (Wildman–Crippen LogP) is 3.63. The molecular formula is C16H21F3N2O3. The maximum Gasteiger partial charge on any atom is 0.433 e. The van der Waals surface area contributed by atoms with Gasteiger partial charge in [-0.1, -0.05) is 6.07 Å². The number of rotatable bonds is 3. The van der Waals surface area contributed by atoms with Crippen molar-refractivity contribution in [2.24, 2.45) is 0 Å². The molecule has 1 amide bonds. The molecule has 0 saturated carbocycles. The summed E-state index contributed by atoms with van der Waals surface area (Å²) in [5.41, 5.74) is -0.927. The Hall–Kier alpha value is -1.83. The minimum absolute atomic E-state index is 0.151. The van der Waals surface area contributed by atoms with E-state index in [2.05, 4.69) is 4.98 Å². The molecule has 5 nitrogen and oxygen atoms in total. The molecule has 1 aliphatic heterocycles. The Morgan fingerprint density at radius 2 is 2.04 bits per heavy atom. The molecule has 0 radical (unpaired) electrons. The molecule has 0 spiro atoms. The molecule has 1 atom stereocenters. The Bertz CT molecular complexity index is 567. The van der Waals surface area contributed by atoms with Gasteiger partial charge in [0.25, 0.3) is 0 Å². The number of nitrogens with zero attached hydrogens (tertiary/aromatic N) is 2. The van der Waals surface area contributed by atoms with Crippen LogP contribution < -0.4 is 0 Å². The topological polar surface area (TPSA) is 51.7 Å². The molecule has 24 heavy (non-hydrogen) atoms. The lowest BCUT2D eigenvalue weighted by Gasteiger charge is -2.24. The molecule has 1 unspecified atom stereocenters. The molecule has 0 N–H and O–H groups in total. The number of hydrogen-bond donors (Lipinski definition) is 0. The lowest BCUT2D eigenvalue weighted by Crippen LogP contribution is -2.36. The summed E-state index contributed by atoms with van der Waals surface area (Å²) in [6, 6.07) is 2.27. The number of aromatic nitrogens is 1. The second kappa shape index (κ2) is 6.96. The number of alkyl halides is 3. The third kappa shape index (κ3) is 5.36. The number of pyridine rings is 1. The summed E-state index contributed by atoms with van der Waals surface area (Å²) in [6.45, 7) is 6.48. The molecule has 1 fully saturated rings. The van der Waals surface area contributed by atoms with Gasteiger partial charge in [0.05, 0.1) is 19.3 Å². The molecule has 0 aliphatic carbocycles. The summed E-state index contributed by atoms with van der Waals surface area (Å²) in [5.74, 6) is 0. The first-order valence-corrected chi connectivity index (χ1v) is 7.66. The number of ether oxygens (including phenoxy) is 2. The van der Waals surface area contributed by atoms with Crippen LogP contribution in [0, 0.1) is 0 Å². The van der Waals surface area contributed by atoms with Crippen molar-refractivity contribution in [1.29, 1.82) is 0 Å². The Morgan fingerprint density at radius 1 is 1.33 bits per heavy atom. The zero-order chi connectivity index (χ0) is 18.0. The van der Waals surface area contributed by atoms with Gasteiger partial charge < -0.3 is 14.4 Å². The molecule has 0 bridgehead atoms. The minimum atomic E-state index is -4.45. The summed E-state index contributed by atoms with van der Waals surface area (Å²) >= 11 is 0. The number of carbonyl (C=O) groups is 1. The Labute approximate surface area is 138 Å². The van der Waals surface area contributed by atoms with E-state index in [4.69, 9.17) is 9.47 Å². The fraction of sp³-hybridized carbons (Fsp3) is 0.625. The first-order chi connectivity index (χ1) is 11.0. The van der Waals surface area contributed by atoms with Crippen LogP contribution in [0.1, 0.15) is 38.4 Å². The van der Waals surface area contributed by atoms with Crippen LogP contribution >= 0.6 is 0 Å². The van der Waals surface area contributed by atoms with Gasteiger partial charge in [-0.15, -0.1) is 0 Å². The zero-order valence-corrected chi connectivity index (χ0v) is 13.9. The van der Waals surface area contributed by atoms with Crippen molar-refractivity contribution in [3.05, 3.63) is 29.6 Å². The van der Waals surface area contributed by atoms with Crippen molar-refractivity contribution in [3.63, 3.8) is 0 Å². The quantitative estimate of drug-likeness (QED) is 0.839. The van der Waals surface area contributed by atoms with E-state index in [1.165, 1.54) is 6.07 Å². The summed E-state index contributed by atoms with van der Waals surface area (Å²) in [7, 11) is 0. The second-order valence-electron chi connectivity index (χ2n) is 6.70. The van der Waals surface area contributed by atoms with E-state index in [9.17, 15) is 18.0 Å². The van der Waals surface area contributed by atoms with Crippen LogP contribution in [0.25, 0.3) is 0 Å². The molecule has 1 aromatic rings. The molecule has 2 rings (SSSR count). The van der Waals surface area contributed by atoms with E-state index in [1.807, 2.05) is 0 Å². The molecule has 8 heteroatoms. The van der Waals surface area contributed by atoms with Crippen LogP contribution in [0.15, 0.2) is 18.3 Å². The lowest BCUT2D eigenvalue weighted by molar-refractivity contribution is -0.141. The molecule has 1 saturated heterocycles. The van der Waals surface area contributed by atoms with E-state index in [1.54, 1.807) is 25.7 Å². The number of carbonyl (C=O) groups excluding carboxylic acids is 1. The highest BCUT2D eigenvalue weighted by molar-refractivity contribution is 5.68. The van der Waals surface area contributed by atoms with Gasteiger partial charge in [-0.25, -0.2) is 4.79 Å². The smallest absolute Gasteiger partial charge is 0.433 e. The summed E-state index contributed by atoms with van der Waals surface area (Å²) < 4.78 is 48.3. The maximum atomic E-state index is 12.4. The fourth-order valence-electron chi connectivity index (χ4n) is 2.25. The van der Waals surface area contributed by atoms with Crippen LogP contribution in [0.4, 0.5) is 18.0 Å². The lowest BCUT2D eigenvalue weighted by atomic mass is 10.2. The number of hydrogen-bond acceptors (Lipinski definition) is 4. The minimum Gasteiger partial charge on any atom is -0.444 e. The van der Waals surface area contributed by atoms with Crippen molar-refractivity contribution in [2.75, 3.05) is 13.1 Å².